The molecule has 0 spiro atoms. The molecule has 0 aliphatic heterocycles. The van der Waals surface area contributed by atoms with Crippen LogP contribution in [0.5, 0.6) is 0 Å². The number of alkyl halides is 3. The van der Waals surface area contributed by atoms with Crippen molar-refractivity contribution in [3.63, 3.8) is 0 Å². The summed E-state index contributed by atoms with van der Waals surface area (Å²) in [6.07, 6.45) is -1.16. The van der Waals surface area contributed by atoms with E-state index < -0.39 is 23.7 Å². The number of aryl methyl sites for hydroxylation is 1. The van der Waals surface area contributed by atoms with E-state index in [-0.39, 0.29) is 5.56 Å². The second-order valence-corrected chi connectivity index (χ2v) is 7.11. The maximum atomic E-state index is 13.0. The number of rotatable bonds is 5. The Labute approximate surface area is 169 Å². The Hall–Kier alpha value is -2.81. The third kappa shape index (κ3) is 4.61. The highest BCUT2D eigenvalue weighted by Gasteiger charge is 2.31. The third-order valence-corrected chi connectivity index (χ3v) is 4.96. The normalized spacial score (nSPS) is 12.6. The summed E-state index contributed by atoms with van der Waals surface area (Å²) in [4.78, 5) is 21.6. The average Bonchev–Trinajstić information content (AvgIpc) is 3.21. The zero-order valence-corrected chi connectivity index (χ0v) is 16.7. The first kappa shape index (κ1) is 20.9. The molecule has 1 atom stereocenters. The summed E-state index contributed by atoms with van der Waals surface area (Å²) in [5.41, 5.74) is 0.323. The van der Waals surface area contributed by atoms with Gasteiger partial charge in [0.1, 0.15) is 5.03 Å². The number of hydrogen-bond acceptors (Lipinski definition) is 5. The molecule has 1 aromatic carbocycles. The highest BCUT2D eigenvalue weighted by molar-refractivity contribution is 7.98. The van der Waals surface area contributed by atoms with E-state index in [0.717, 1.165) is 12.1 Å². The summed E-state index contributed by atoms with van der Waals surface area (Å²) in [6.45, 7) is 3.30. The monoisotopic (exact) mass is 421 g/mol. The SMILES string of the molecule is CSc1nc(-c2ccco2)nc(C)c1C(=O)N[C@@H](C)c1cccc(C(F)(F)F)c1. The molecule has 0 aliphatic carbocycles. The molecule has 5 nitrogen and oxygen atoms in total. The number of nitrogens with one attached hydrogen (secondary N) is 1. The summed E-state index contributed by atoms with van der Waals surface area (Å²) in [6, 6.07) is 7.68. The van der Waals surface area contributed by atoms with Gasteiger partial charge in [-0.05, 0) is 49.9 Å². The Morgan fingerprint density at radius 3 is 2.59 bits per heavy atom. The lowest BCUT2D eigenvalue weighted by molar-refractivity contribution is -0.137. The standard InChI is InChI=1S/C20H18F3N3O2S/c1-11(13-6-4-7-14(10-13)20(21,22)23)25-18(27)16-12(2)24-17(26-19(16)29-3)15-8-5-9-28-15/h4-11H,1-3H3,(H,25,27)/t11-/m0/s1. The predicted molar refractivity (Wildman–Crippen MR) is 104 cm³/mol. The van der Waals surface area contributed by atoms with Crippen LogP contribution in [0.1, 0.15) is 40.1 Å². The minimum Gasteiger partial charge on any atom is -0.461 e. The molecule has 3 rings (SSSR count). The highest BCUT2D eigenvalue weighted by Crippen LogP contribution is 2.31. The molecular weight excluding hydrogens is 403 g/mol. The number of carbonyl (C=O) groups is 1. The maximum Gasteiger partial charge on any atom is 0.416 e. The number of hydrogen-bond donors (Lipinski definition) is 1. The van der Waals surface area contributed by atoms with Crippen LogP contribution in [0.25, 0.3) is 11.6 Å². The number of furan rings is 1. The van der Waals surface area contributed by atoms with Gasteiger partial charge < -0.3 is 9.73 Å². The molecule has 0 fully saturated rings. The Morgan fingerprint density at radius 1 is 1.21 bits per heavy atom. The second-order valence-electron chi connectivity index (χ2n) is 6.31. The maximum absolute atomic E-state index is 13.0. The summed E-state index contributed by atoms with van der Waals surface area (Å²) in [7, 11) is 0. The van der Waals surface area contributed by atoms with Crippen LogP contribution in [0.15, 0.2) is 52.1 Å². The van der Waals surface area contributed by atoms with Crippen molar-refractivity contribution < 1.29 is 22.4 Å². The fraction of sp³-hybridized carbons (Fsp3) is 0.250. The molecule has 2 aromatic heterocycles. The third-order valence-electron chi connectivity index (χ3n) is 4.28. The van der Waals surface area contributed by atoms with Crippen LogP contribution >= 0.6 is 11.8 Å². The van der Waals surface area contributed by atoms with Gasteiger partial charge in [-0.2, -0.15) is 13.2 Å². The van der Waals surface area contributed by atoms with E-state index in [4.69, 9.17) is 4.42 Å². The first-order valence-corrected chi connectivity index (χ1v) is 9.87. The van der Waals surface area contributed by atoms with Crippen LogP contribution in [0.3, 0.4) is 0 Å². The first-order chi connectivity index (χ1) is 13.7. The van der Waals surface area contributed by atoms with Gasteiger partial charge in [0, 0.05) is 0 Å². The van der Waals surface area contributed by atoms with Gasteiger partial charge in [0.05, 0.1) is 29.1 Å². The zero-order valence-electron chi connectivity index (χ0n) is 15.9. The Kier molecular flexibility index (Phi) is 5.97. The van der Waals surface area contributed by atoms with Crippen molar-refractivity contribution in [2.45, 2.75) is 31.1 Å². The molecule has 0 unspecified atom stereocenters. The number of carbonyl (C=O) groups excluding carboxylic acids is 1. The van der Waals surface area contributed by atoms with Crippen LogP contribution in [0.2, 0.25) is 0 Å². The van der Waals surface area contributed by atoms with Gasteiger partial charge in [-0.1, -0.05) is 12.1 Å². The summed E-state index contributed by atoms with van der Waals surface area (Å²) in [5.74, 6) is 0.384. The van der Waals surface area contributed by atoms with Crippen LogP contribution in [0.4, 0.5) is 13.2 Å². The fourth-order valence-electron chi connectivity index (χ4n) is 2.81. The van der Waals surface area contributed by atoms with E-state index in [1.165, 1.54) is 24.1 Å². The van der Waals surface area contributed by atoms with Gasteiger partial charge in [0.2, 0.25) is 0 Å². The van der Waals surface area contributed by atoms with Crippen molar-refractivity contribution in [3.8, 4) is 11.6 Å². The van der Waals surface area contributed by atoms with Gasteiger partial charge in [-0.15, -0.1) is 11.8 Å². The van der Waals surface area contributed by atoms with Crippen molar-refractivity contribution in [3.05, 3.63) is 65.0 Å². The van der Waals surface area contributed by atoms with E-state index in [9.17, 15) is 18.0 Å². The van der Waals surface area contributed by atoms with Gasteiger partial charge in [0.25, 0.3) is 5.91 Å². The number of halogens is 3. The van der Waals surface area contributed by atoms with E-state index in [1.54, 1.807) is 38.3 Å². The highest BCUT2D eigenvalue weighted by atomic mass is 32.2. The molecule has 0 radical (unpaired) electrons. The van der Waals surface area contributed by atoms with E-state index >= 15 is 0 Å². The van der Waals surface area contributed by atoms with Crippen molar-refractivity contribution in [1.82, 2.24) is 15.3 Å². The fourth-order valence-corrected chi connectivity index (χ4v) is 3.43. The van der Waals surface area contributed by atoms with Gasteiger partial charge in [-0.25, -0.2) is 9.97 Å². The largest absolute Gasteiger partial charge is 0.461 e. The summed E-state index contributed by atoms with van der Waals surface area (Å²) < 4.78 is 44.2. The predicted octanol–water partition coefficient (Wildman–Crippen LogP) is 5.28. The van der Waals surface area contributed by atoms with Crippen molar-refractivity contribution >= 4 is 17.7 Å². The number of aromatic nitrogens is 2. The second kappa shape index (κ2) is 8.28. The molecule has 0 saturated carbocycles. The van der Waals surface area contributed by atoms with E-state index in [2.05, 4.69) is 15.3 Å². The minimum atomic E-state index is -4.45. The van der Waals surface area contributed by atoms with E-state index in [0.29, 0.717) is 27.9 Å². The number of benzene rings is 1. The topological polar surface area (TPSA) is 68.0 Å². The molecule has 3 aromatic rings. The Bertz CT molecular complexity index is 1020. The lowest BCUT2D eigenvalue weighted by atomic mass is 10.0. The first-order valence-electron chi connectivity index (χ1n) is 8.65. The molecule has 0 bridgehead atoms. The number of thioether (sulfide) groups is 1. The van der Waals surface area contributed by atoms with Crippen LogP contribution < -0.4 is 5.32 Å². The zero-order chi connectivity index (χ0) is 21.2. The Balaban J connectivity index is 1.87. The number of amides is 1. The van der Waals surface area contributed by atoms with Crippen LogP contribution in [-0.4, -0.2) is 22.1 Å². The average molecular weight is 421 g/mol. The van der Waals surface area contributed by atoms with E-state index in [1.807, 2.05) is 0 Å². The minimum absolute atomic E-state index is 0.284. The molecule has 2 heterocycles. The molecule has 29 heavy (non-hydrogen) atoms. The van der Waals surface area contributed by atoms with Gasteiger partial charge in [-0.3, -0.25) is 4.79 Å². The lowest BCUT2D eigenvalue weighted by Crippen LogP contribution is -2.28. The Morgan fingerprint density at radius 2 is 1.97 bits per heavy atom. The van der Waals surface area contributed by atoms with Crippen molar-refractivity contribution in [2.75, 3.05) is 6.26 Å². The molecular formula is C20H18F3N3O2S. The number of nitrogens with zero attached hydrogens (tertiary/aromatic N) is 2. The van der Waals surface area contributed by atoms with Crippen molar-refractivity contribution in [2.24, 2.45) is 0 Å². The van der Waals surface area contributed by atoms with Crippen LogP contribution in [-0.2, 0) is 6.18 Å². The molecule has 152 valence electrons. The lowest BCUT2D eigenvalue weighted by Gasteiger charge is -2.18. The van der Waals surface area contributed by atoms with Gasteiger partial charge in [0.15, 0.2) is 11.6 Å². The summed E-state index contributed by atoms with van der Waals surface area (Å²) >= 11 is 1.28. The van der Waals surface area contributed by atoms with Crippen molar-refractivity contribution in [1.29, 1.82) is 0 Å². The van der Waals surface area contributed by atoms with Crippen LogP contribution in [0, 0.1) is 6.92 Å². The van der Waals surface area contributed by atoms with Gasteiger partial charge >= 0.3 is 6.18 Å². The summed E-state index contributed by atoms with van der Waals surface area (Å²) in [5, 5.41) is 3.19. The molecule has 1 amide bonds. The molecule has 1 N–H and O–H groups in total. The molecule has 9 heteroatoms. The molecule has 0 aliphatic rings. The quantitative estimate of drug-likeness (QED) is 0.449. The molecule has 0 saturated heterocycles. The smallest absolute Gasteiger partial charge is 0.416 e.